The SMILES string of the molecule is CS(=O)(=O)c1ccc2c(c1)C(=O)N(c1ccc(NC(=O)NS(=O)(=O)c3ccc(Cl)s3)cn1)C(=O)C2. The number of fused-ring (bicyclic) bond motifs is 1. The number of hydrogen-bond acceptors (Lipinski definition) is 9. The molecule has 4 amide bonds. The molecule has 15 heteroatoms. The molecule has 0 aliphatic carbocycles. The standard InChI is InChI=1S/C20H15ClN4O7S3/c1-34(29,30)13-4-2-11-8-17(26)25(19(27)14(11)9-13)16-6-3-12(10-22-16)23-20(28)24-35(31,32)18-7-5-15(21)33-18/h2-7,9-10H,8H2,1H3,(H2,23,24,28). The Morgan fingerprint density at radius 1 is 1.09 bits per heavy atom. The monoisotopic (exact) mass is 554 g/mol. The molecule has 1 aromatic carbocycles. The second-order valence-electron chi connectivity index (χ2n) is 7.33. The number of sulfone groups is 1. The van der Waals surface area contributed by atoms with Crippen molar-refractivity contribution in [2.75, 3.05) is 16.5 Å². The van der Waals surface area contributed by atoms with Gasteiger partial charge in [-0.05, 0) is 42.0 Å². The summed E-state index contributed by atoms with van der Waals surface area (Å²) in [6.07, 6.45) is 2.00. The summed E-state index contributed by atoms with van der Waals surface area (Å²) in [5.74, 6) is -1.36. The fourth-order valence-electron chi connectivity index (χ4n) is 3.21. The Kier molecular flexibility index (Phi) is 6.40. The molecule has 11 nitrogen and oxygen atoms in total. The van der Waals surface area contributed by atoms with E-state index in [2.05, 4.69) is 10.3 Å². The van der Waals surface area contributed by atoms with Crippen LogP contribution < -0.4 is 14.9 Å². The number of anilines is 2. The first-order chi connectivity index (χ1) is 16.3. The number of amides is 4. The lowest BCUT2D eigenvalue weighted by Gasteiger charge is -2.26. The minimum absolute atomic E-state index is 0.0535. The highest BCUT2D eigenvalue weighted by Crippen LogP contribution is 2.27. The molecule has 0 bridgehead atoms. The molecule has 0 saturated heterocycles. The van der Waals surface area contributed by atoms with Gasteiger partial charge in [0.05, 0.1) is 27.5 Å². The van der Waals surface area contributed by atoms with Crippen molar-refractivity contribution in [3.63, 3.8) is 0 Å². The van der Waals surface area contributed by atoms with Crippen molar-refractivity contribution in [2.45, 2.75) is 15.5 Å². The third-order valence-corrected chi connectivity index (χ3v) is 8.97. The number of hydrogen-bond donors (Lipinski definition) is 2. The molecule has 0 radical (unpaired) electrons. The fourth-order valence-corrected chi connectivity index (χ4v) is 6.25. The molecule has 0 atom stereocenters. The Morgan fingerprint density at radius 3 is 2.43 bits per heavy atom. The van der Waals surface area contributed by atoms with Crippen molar-refractivity contribution in [1.82, 2.24) is 9.71 Å². The highest BCUT2D eigenvalue weighted by atomic mass is 35.5. The first-order valence-corrected chi connectivity index (χ1v) is 14.2. The maximum atomic E-state index is 13.0. The molecule has 0 spiro atoms. The lowest BCUT2D eigenvalue weighted by Crippen LogP contribution is -2.43. The zero-order chi connectivity index (χ0) is 25.5. The summed E-state index contributed by atoms with van der Waals surface area (Å²) in [5.41, 5.74) is 0.545. The molecule has 0 saturated carbocycles. The number of nitrogens with zero attached hydrogens (tertiary/aromatic N) is 2. The number of sulfonamides is 1. The van der Waals surface area contributed by atoms with Crippen molar-refractivity contribution < 1.29 is 31.2 Å². The van der Waals surface area contributed by atoms with Gasteiger partial charge in [-0.2, -0.15) is 0 Å². The van der Waals surface area contributed by atoms with E-state index in [1.807, 2.05) is 4.72 Å². The number of benzene rings is 1. The van der Waals surface area contributed by atoms with E-state index in [1.54, 1.807) is 0 Å². The van der Waals surface area contributed by atoms with Crippen molar-refractivity contribution in [2.24, 2.45) is 0 Å². The van der Waals surface area contributed by atoms with E-state index in [9.17, 15) is 31.2 Å². The number of imide groups is 1. The number of rotatable bonds is 5. The lowest BCUT2D eigenvalue weighted by molar-refractivity contribution is -0.117. The fraction of sp³-hybridized carbons (Fsp3) is 0.100. The van der Waals surface area contributed by atoms with Crippen molar-refractivity contribution in [3.05, 3.63) is 64.1 Å². The molecule has 0 unspecified atom stereocenters. The van der Waals surface area contributed by atoms with E-state index in [0.29, 0.717) is 5.56 Å². The smallest absolute Gasteiger partial charge is 0.306 e. The second kappa shape index (κ2) is 9.03. The number of aromatic nitrogens is 1. The average Bonchev–Trinajstić information content (AvgIpc) is 3.21. The van der Waals surface area contributed by atoms with Crippen LogP contribution in [-0.2, 0) is 31.1 Å². The van der Waals surface area contributed by atoms with E-state index in [-0.39, 0.29) is 36.9 Å². The van der Waals surface area contributed by atoms with Gasteiger partial charge in [0.25, 0.3) is 15.9 Å². The topological polar surface area (TPSA) is 160 Å². The van der Waals surface area contributed by atoms with Crippen molar-refractivity contribution >= 4 is 72.1 Å². The van der Waals surface area contributed by atoms with Crippen LogP contribution in [-0.4, -0.2) is 45.9 Å². The summed E-state index contributed by atoms with van der Waals surface area (Å²) in [6.45, 7) is 0. The minimum Gasteiger partial charge on any atom is -0.306 e. The Hall–Kier alpha value is -3.33. The molecule has 2 N–H and O–H groups in total. The van der Waals surface area contributed by atoms with Gasteiger partial charge in [-0.3, -0.25) is 9.59 Å². The number of carbonyl (C=O) groups excluding carboxylic acids is 3. The Labute approximate surface area is 208 Å². The highest BCUT2D eigenvalue weighted by Gasteiger charge is 2.33. The van der Waals surface area contributed by atoms with Gasteiger partial charge in [0.1, 0.15) is 10.0 Å². The van der Waals surface area contributed by atoms with E-state index >= 15 is 0 Å². The lowest BCUT2D eigenvalue weighted by atomic mass is 9.98. The van der Waals surface area contributed by atoms with Crippen molar-refractivity contribution in [1.29, 1.82) is 0 Å². The molecule has 2 aromatic heterocycles. The molecule has 0 fully saturated rings. The number of urea groups is 1. The Bertz CT molecular complexity index is 1580. The second-order valence-corrected chi connectivity index (χ2v) is 13.0. The van der Waals surface area contributed by atoms with Crippen LogP contribution in [0, 0.1) is 0 Å². The van der Waals surface area contributed by atoms with E-state index < -0.39 is 37.7 Å². The summed E-state index contributed by atoms with van der Waals surface area (Å²) >= 11 is 6.50. The molecule has 3 aromatic rings. The minimum atomic E-state index is -4.13. The number of halogens is 1. The number of thiophene rings is 1. The van der Waals surface area contributed by atoms with Gasteiger partial charge in [0, 0.05) is 11.8 Å². The van der Waals surface area contributed by atoms with Gasteiger partial charge in [0.2, 0.25) is 5.91 Å². The predicted octanol–water partition coefficient (Wildman–Crippen LogP) is 2.44. The summed E-state index contributed by atoms with van der Waals surface area (Å²) in [5, 5.41) is 2.29. The largest absolute Gasteiger partial charge is 0.333 e. The first kappa shape index (κ1) is 24.8. The van der Waals surface area contributed by atoms with Crippen LogP contribution >= 0.6 is 22.9 Å². The van der Waals surface area contributed by atoms with Crippen LogP contribution in [0.3, 0.4) is 0 Å². The Balaban J connectivity index is 1.51. The van der Waals surface area contributed by atoms with Crippen LogP contribution in [0.15, 0.2) is 57.8 Å². The van der Waals surface area contributed by atoms with Gasteiger partial charge < -0.3 is 5.32 Å². The molecule has 3 heterocycles. The third kappa shape index (κ3) is 5.19. The van der Waals surface area contributed by atoms with Gasteiger partial charge >= 0.3 is 6.03 Å². The van der Waals surface area contributed by atoms with Gasteiger partial charge in [-0.15, -0.1) is 11.3 Å². The molecule has 182 valence electrons. The van der Waals surface area contributed by atoms with E-state index in [0.717, 1.165) is 28.7 Å². The van der Waals surface area contributed by atoms with Gasteiger partial charge in [-0.1, -0.05) is 17.7 Å². The highest BCUT2D eigenvalue weighted by molar-refractivity contribution is 7.92. The molecular formula is C20H15ClN4O7S3. The van der Waals surface area contributed by atoms with Crippen LogP contribution in [0.1, 0.15) is 15.9 Å². The van der Waals surface area contributed by atoms with Gasteiger partial charge in [0.15, 0.2) is 9.84 Å². The summed E-state index contributed by atoms with van der Waals surface area (Å²) in [4.78, 5) is 42.5. The quantitative estimate of drug-likeness (QED) is 0.455. The van der Waals surface area contributed by atoms with Crippen LogP contribution in [0.4, 0.5) is 16.3 Å². The molecule has 1 aliphatic rings. The van der Waals surface area contributed by atoms with E-state index in [1.165, 1.54) is 42.5 Å². The van der Waals surface area contributed by atoms with Crippen LogP contribution in [0.25, 0.3) is 0 Å². The molecule has 35 heavy (non-hydrogen) atoms. The number of carbonyl (C=O) groups is 3. The summed E-state index contributed by atoms with van der Waals surface area (Å²) < 4.78 is 50.0. The molecular weight excluding hydrogens is 540 g/mol. The van der Waals surface area contributed by atoms with Gasteiger partial charge in [-0.25, -0.2) is 36.2 Å². The summed E-state index contributed by atoms with van der Waals surface area (Å²) in [7, 11) is -7.70. The third-order valence-electron chi connectivity index (χ3n) is 4.81. The Morgan fingerprint density at radius 2 is 1.83 bits per heavy atom. The molecule has 1 aliphatic heterocycles. The zero-order valence-corrected chi connectivity index (χ0v) is 20.9. The van der Waals surface area contributed by atoms with Crippen LogP contribution in [0.2, 0.25) is 4.34 Å². The molecule has 4 rings (SSSR count). The predicted molar refractivity (Wildman–Crippen MR) is 128 cm³/mol. The number of nitrogens with one attached hydrogen (secondary N) is 2. The first-order valence-electron chi connectivity index (χ1n) is 9.60. The van der Waals surface area contributed by atoms with E-state index in [4.69, 9.17) is 11.6 Å². The maximum absolute atomic E-state index is 13.0. The maximum Gasteiger partial charge on any atom is 0.333 e. The number of pyridine rings is 1. The van der Waals surface area contributed by atoms with Crippen LogP contribution in [0.5, 0.6) is 0 Å². The zero-order valence-electron chi connectivity index (χ0n) is 17.7. The van der Waals surface area contributed by atoms with Crippen molar-refractivity contribution in [3.8, 4) is 0 Å². The summed E-state index contributed by atoms with van der Waals surface area (Å²) in [6, 6.07) is 8.15. The average molecular weight is 555 g/mol. The normalized spacial score (nSPS) is 13.9.